The van der Waals surface area contributed by atoms with Crippen LogP contribution in [0.1, 0.15) is 29.8 Å². The van der Waals surface area contributed by atoms with Gasteiger partial charge in [0.05, 0.1) is 0 Å². The maximum absolute atomic E-state index is 5.85. The highest BCUT2D eigenvalue weighted by Crippen LogP contribution is 2.19. The van der Waals surface area contributed by atoms with Crippen molar-refractivity contribution in [3.05, 3.63) is 47.3 Å². The lowest BCUT2D eigenvalue weighted by atomic mass is 10.1. The minimum Gasteiger partial charge on any atom is -0.324 e. The van der Waals surface area contributed by atoms with Crippen molar-refractivity contribution in [1.29, 1.82) is 0 Å². The molecule has 2 rings (SSSR count). The molecule has 88 valence electrons. The van der Waals surface area contributed by atoms with Crippen molar-refractivity contribution < 1.29 is 0 Å². The molecule has 0 saturated heterocycles. The molecule has 0 spiro atoms. The summed E-state index contributed by atoms with van der Waals surface area (Å²) in [5.74, 6) is 0.760. The van der Waals surface area contributed by atoms with Gasteiger partial charge in [0.25, 0.3) is 0 Å². The molecule has 0 aliphatic carbocycles. The molecular formula is C14H17N3. The fourth-order valence-electron chi connectivity index (χ4n) is 1.85. The van der Waals surface area contributed by atoms with E-state index in [1.165, 1.54) is 5.56 Å². The summed E-state index contributed by atoms with van der Waals surface area (Å²) in [6.07, 6.45) is 1.82. The SMILES string of the molecule is Cc1cccc(-c2ncc([C@@H](C)N)c(C)n2)c1. The normalized spacial score (nSPS) is 12.5. The van der Waals surface area contributed by atoms with Gasteiger partial charge in [0.15, 0.2) is 5.82 Å². The minimum absolute atomic E-state index is 0.0263. The van der Waals surface area contributed by atoms with Crippen LogP contribution in [0, 0.1) is 13.8 Å². The molecular weight excluding hydrogens is 210 g/mol. The molecule has 1 aromatic heterocycles. The summed E-state index contributed by atoms with van der Waals surface area (Å²) in [5.41, 5.74) is 10.1. The van der Waals surface area contributed by atoms with Crippen molar-refractivity contribution >= 4 is 0 Å². The smallest absolute Gasteiger partial charge is 0.159 e. The Hall–Kier alpha value is -1.74. The number of nitrogens with two attached hydrogens (primary N) is 1. The van der Waals surface area contributed by atoms with Crippen LogP contribution in [-0.2, 0) is 0 Å². The molecule has 0 unspecified atom stereocenters. The van der Waals surface area contributed by atoms with Crippen LogP contribution in [0.15, 0.2) is 30.5 Å². The second kappa shape index (κ2) is 4.63. The van der Waals surface area contributed by atoms with Crippen molar-refractivity contribution in [2.24, 2.45) is 5.73 Å². The van der Waals surface area contributed by atoms with Gasteiger partial charge in [0, 0.05) is 29.1 Å². The molecule has 1 aromatic carbocycles. The number of aromatic nitrogens is 2. The molecule has 2 N–H and O–H groups in total. The van der Waals surface area contributed by atoms with Gasteiger partial charge in [-0.15, -0.1) is 0 Å². The van der Waals surface area contributed by atoms with E-state index in [-0.39, 0.29) is 6.04 Å². The Morgan fingerprint density at radius 3 is 2.59 bits per heavy atom. The molecule has 17 heavy (non-hydrogen) atoms. The van der Waals surface area contributed by atoms with E-state index in [9.17, 15) is 0 Å². The number of benzene rings is 1. The van der Waals surface area contributed by atoms with Gasteiger partial charge in [0.2, 0.25) is 0 Å². The largest absolute Gasteiger partial charge is 0.324 e. The van der Waals surface area contributed by atoms with Crippen molar-refractivity contribution in [2.45, 2.75) is 26.8 Å². The van der Waals surface area contributed by atoms with Gasteiger partial charge in [-0.2, -0.15) is 0 Å². The third kappa shape index (κ3) is 2.50. The highest BCUT2D eigenvalue weighted by molar-refractivity contribution is 5.56. The fraction of sp³-hybridized carbons (Fsp3) is 0.286. The summed E-state index contributed by atoms with van der Waals surface area (Å²) in [6.45, 7) is 5.98. The number of nitrogens with zero attached hydrogens (tertiary/aromatic N) is 2. The van der Waals surface area contributed by atoms with E-state index in [2.05, 4.69) is 29.0 Å². The zero-order chi connectivity index (χ0) is 12.4. The van der Waals surface area contributed by atoms with Gasteiger partial charge in [0.1, 0.15) is 0 Å². The standard InChI is InChI=1S/C14H17N3/c1-9-5-4-6-12(7-9)14-16-8-13(10(2)15)11(3)17-14/h4-8,10H,15H2,1-3H3/t10-/m1/s1. The highest BCUT2D eigenvalue weighted by atomic mass is 14.9. The number of rotatable bonds is 2. The van der Waals surface area contributed by atoms with E-state index >= 15 is 0 Å². The van der Waals surface area contributed by atoms with E-state index in [1.54, 1.807) is 0 Å². The first-order chi connectivity index (χ1) is 8.08. The zero-order valence-corrected chi connectivity index (χ0v) is 10.4. The number of hydrogen-bond donors (Lipinski definition) is 1. The first-order valence-corrected chi connectivity index (χ1v) is 5.74. The van der Waals surface area contributed by atoms with Gasteiger partial charge in [-0.05, 0) is 26.8 Å². The molecule has 0 aliphatic heterocycles. The Labute approximate surface area is 102 Å². The molecule has 1 heterocycles. The van der Waals surface area contributed by atoms with E-state index in [0.29, 0.717) is 0 Å². The van der Waals surface area contributed by atoms with Gasteiger partial charge < -0.3 is 5.73 Å². The highest BCUT2D eigenvalue weighted by Gasteiger charge is 2.08. The lowest BCUT2D eigenvalue weighted by Gasteiger charge is -2.09. The van der Waals surface area contributed by atoms with Crippen molar-refractivity contribution in [1.82, 2.24) is 9.97 Å². The van der Waals surface area contributed by atoms with Crippen LogP contribution in [-0.4, -0.2) is 9.97 Å². The third-order valence-electron chi connectivity index (χ3n) is 2.78. The van der Waals surface area contributed by atoms with E-state index in [4.69, 9.17) is 5.73 Å². The molecule has 0 fully saturated rings. The van der Waals surface area contributed by atoms with Crippen molar-refractivity contribution in [3.63, 3.8) is 0 Å². The van der Waals surface area contributed by atoms with Crippen LogP contribution >= 0.6 is 0 Å². The van der Waals surface area contributed by atoms with E-state index in [1.807, 2.05) is 32.2 Å². The molecule has 0 amide bonds. The Balaban J connectivity index is 2.44. The summed E-state index contributed by atoms with van der Waals surface area (Å²) in [6, 6.07) is 8.16. The monoisotopic (exact) mass is 227 g/mol. The number of aryl methyl sites for hydroxylation is 2. The Morgan fingerprint density at radius 1 is 1.24 bits per heavy atom. The molecule has 0 radical (unpaired) electrons. The maximum Gasteiger partial charge on any atom is 0.159 e. The first-order valence-electron chi connectivity index (χ1n) is 5.74. The molecule has 3 heteroatoms. The Bertz CT molecular complexity index is 533. The summed E-state index contributed by atoms with van der Waals surface area (Å²) in [5, 5.41) is 0. The topological polar surface area (TPSA) is 51.8 Å². The van der Waals surface area contributed by atoms with Crippen LogP contribution in [0.5, 0.6) is 0 Å². The zero-order valence-electron chi connectivity index (χ0n) is 10.4. The number of hydrogen-bond acceptors (Lipinski definition) is 3. The van der Waals surface area contributed by atoms with Crippen LogP contribution in [0.25, 0.3) is 11.4 Å². The predicted octanol–water partition coefficient (Wildman–Crippen LogP) is 2.78. The Kier molecular flexibility index (Phi) is 3.20. The summed E-state index contributed by atoms with van der Waals surface area (Å²) in [7, 11) is 0. The first kappa shape index (κ1) is 11.7. The van der Waals surface area contributed by atoms with Crippen LogP contribution in [0.4, 0.5) is 0 Å². The summed E-state index contributed by atoms with van der Waals surface area (Å²) in [4.78, 5) is 8.90. The molecule has 0 bridgehead atoms. The third-order valence-corrected chi connectivity index (χ3v) is 2.78. The van der Waals surface area contributed by atoms with Gasteiger partial charge in [-0.25, -0.2) is 9.97 Å². The van der Waals surface area contributed by atoms with E-state index < -0.39 is 0 Å². The van der Waals surface area contributed by atoms with Crippen molar-refractivity contribution in [2.75, 3.05) is 0 Å². The maximum atomic E-state index is 5.85. The molecule has 0 aliphatic rings. The minimum atomic E-state index is -0.0263. The van der Waals surface area contributed by atoms with Gasteiger partial charge >= 0.3 is 0 Å². The Morgan fingerprint density at radius 2 is 2.00 bits per heavy atom. The second-order valence-corrected chi connectivity index (χ2v) is 4.39. The molecule has 3 nitrogen and oxygen atoms in total. The molecule has 0 saturated carbocycles. The summed E-state index contributed by atoms with van der Waals surface area (Å²) < 4.78 is 0. The van der Waals surface area contributed by atoms with Crippen LogP contribution < -0.4 is 5.73 Å². The van der Waals surface area contributed by atoms with E-state index in [0.717, 1.165) is 22.6 Å². The van der Waals surface area contributed by atoms with Gasteiger partial charge in [-0.1, -0.05) is 23.8 Å². The fourth-order valence-corrected chi connectivity index (χ4v) is 1.85. The van der Waals surface area contributed by atoms with Gasteiger partial charge in [-0.3, -0.25) is 0 Å². The average molecular weight is 227 g/mol. The average Bonchev–Trinajstić information content (AvgIpc) is 2.28. The molecule has 1 atom stereocenters. The van der Waals surface area contributed by atoms with Crippen LogP contribution in [0.3, 0.4) is 0 Å². The summed E-state index contributed by atoms with van der Waals surface area (Å²) >= 11 is 0. The lowest BCUT2D eigenvalue weighted by Crippen LogP contribution is -2.09. The second-order valence-electron chi connectivity index (χ2n) is 4.39. The van der Waals surface area contributed by atoms with Crippen molar-refractivity contribution in [3.8, 4) is 11.4 Å². The lowest BCUT2D eigenvalue weighted by molar-refractivity contribution is 0.790. The van der Waals surface area contributed by atoms with Crippen LogP contribution in [0.2, 0.25) is 0 Å². The molecule has 2 aromatic rings. The predicted molar refractivity (Wildman–Crippen MR) is 69.5 cm³/mol. The quantitative estimate of drug-likeness (QED) is 0.858.